The number of quaternary nitrogens is 1. The topological polar surface area (TPSA) is 103 Å². The average Bonchev–Trinajstić information content (AvgIpc) is 2.14. The van der Waals surface area contributed by atoms with Gasteiger partial charge in [-0.25, -0.2) is 4.79 Å². The summed E-state index contributed by atoms with van der Waals surface area (Å²) in [5.74, 6) is -0.291. The van der Waals surface area contributed by atoms with Gasteiger partial charge >= 0.3 is 5.97 Å². The SMILES string of the molecule is CC(N)=NC/C(C)=C\CC[C@H]([NH3+])C(=O)O. The molecule has 0 aliphatic carbocycles. The lowest BCUT2D eigenvalue weighted by Crippen LogP contribution is -2.64. The van der Waals surface area contributed by atoms with Crippen molar-refractivity contribution < 1.29 is 15.6 Å². The van der Waals surface area contributed by atoms with Crippen molar-refractivity contribution in [2.75, 3.05) is 6.54 Å². The summed E-state index contributed by atoms with van der Waals surface area (Å²) in [5, 5.41) is 8.60. The molecule has 5 nitrogen and oxygen atoms in total. The molecule has 0 saturated heterocycles. The van der Waals surface area contributed by atoms with Gasteiger partial charge in [-0.15, -0.1) is 0 Å². The van der Waals surface area contributed by atoms with Crippen LogP contribution in [0, 0.1) is 0 Å². The minimum Gasteiger partial charge on any atom is -0.477 e. The van der Waals surface area contributed by atoms with Crippen LogP contribution < -0.4 is 11.5 Å². The first-order valence-electron chi connectivity index (χ1n) is 4.91. The minimum atomic E-state index is -0.850. The zero-order chi connectivity index (χ0) is 11.8. The third-order valence-electron chi connectivity index (χ3n) is 1.94. The van der Waals surface area contributed by atoms with E-state index in [1.165, 1.54) is 0 Å². The maximum absolute atomic E-state index is 10.5. The van der Waals surface area contributed by atoms with Crippen molar-refractivity contribution in [1.82, 2.24) is 0 Å². The van der Waals surface area contributed by atoms with Crippen molar-refractivity contribution in [3.63, 3.8) is 0 Å². The Morgan fingerprint density at radius 3 is 2.67 bits per heavy atom. The number of carboxylic acid groups (broad SMARTS) is 1. The van der Waals surface area contributed by atoms with Gasteiger partial charge in [0.25, 0.3) is 0 Å². The number of aliphatic imine (C=N–C) groups is 1. The Morgan fingerprint density at radius 1 is 1.60 bits per heavy atom. The van der Waals surface area contributed by atoms with Crippen LogP contribution in [0.3, 0.4) is 0 Å². The van der Waals surface area contributed by atoms with Gasteiger partial charge < -0.3 is 16.6 Å². The molecule has 0 amide bonds. The predicted molar refractivity (Wildman–Crippen MR) is 59.5 cm³/mol. The zero-order valence-electron chi connectivity index (χ0n) is 9.36. The van der Waals surface area contributed by atoms with E-state index in [0.29, 0.717) is 25.2 Å². The van der Waals surface area contributed by atoms with Crippen LogP contribution in [0.2, 0.25) is 0 Å². The van der Waals surface area contributed by atoms with Crippen LogP contribution in [0.5, 0.6) is 0 Å². The molecule has 0 radical (unpaired) electrons. The van der Waals surface area contributed by atoms with Crippen molar-refractivity contribution >= 4 is 11.8 Å². The molecule has 0 aliphatic heterocycles. The Bertz CT molecular complexity index is 268. The summed E-state index contributed by atoms with van der Waals surface area (Å²) in [4.78, 5) is 14.5. The summed E-state index contributed by atoms with van der Waals surface area (Å²) >= 11 is 0. The lowest BCUT2D eigenvalue weighted by Gasteiger charge is -2.01. The molecule has 0 bridgehead atoms. The summed E-state index contributed by atoms with van der Waals surface area (Å²) in [5.41, 5.74) is 10.0. The molecule has 1 atom stereocenters. The van der Waals surface area contributed by atoms with E-state index >= 15 is 0 Å². The summed E-state index contributed by atoms with van der Waals surface area (Å²) < 4.78 is 0. The summed E-state index contributed by atoms with van der Waals surface area (Å²) in [6.45, 7) is 4.27. The highest BCUT2D eigenvalue weighted by Gasteiger charge is 2.13. The molecule has 0 spiro atoms. The number of nitrogens with two attached hydrogens (primary N) is 1. The third-order valence-corrected chi connectivity index (χ3v) is 1.94. The van der Waals surface area contributed by atoms with Crippen molar-refractivity contribution in [2.45, 2.75) is 32.7 Å². The Kier molecular flexibility index (Phi) is 6.37. The molecule has 0 unspecified atom stereocenters. The number of hydrogen-bond donors (Lipinski definition) is 3. The average molecular weight is 214 g/mol. The van der Waals surface area contributed by atoms with E-state index in [4.69, 9.17) is 10.8 Å². The fourth-order valence-corrected chi connectivity index (χ4v) is 0.968. The Hall–Kier alpha value is -1.36. The number of aliphatic carboxylic acids is 1. The van der Waals surface area contributed by atoms with Gasteiger partial charge in [0, 0.05) is 6.42 Å². The van der Waals surface area contributed by atoms with Crippen LogP contribution in [0.25, 0.3) is 0 Å². The molecule has 86 valence electrons. The maximum atomic E-state index is 10.5. The fraction of sp³-hybridized carbons (Fsp3) is 0.600. The summed E-state index contributed by atoms with van der Waals surface area (Å²) in [7, 11) is 0. The van der Waals surface area contributed by atoms with Crippen molar-refractivity contribution in [3.05, 3.63) is 11.6 Å². The molecule has 0 aromatic heterocycles. The summed E-state index contributed by atoms with van der Waals surface area (Å²) in [6, 6.07) is -0.534. The molecule has 0 aromatic carbocycles. The van der Waals surface area contributed by atoms with E-state index in [1.807, 2.05) is 13.0 Å². The van der Waals surface area contributed by atoms with Gasteiger partial charge in [-0.05, 0) is 20.3 Å². The molecule has 0 rings (SSSR count). The number of amidine groups is 1. The molecule has 0 saturated carbocycles. The molecule has 6 N–H and O–H groups in total. The standard InChI is InChI=1S/C10H19N3O2/c1-7(6-13-8(2)11)4-3-5-9(12)10(14)15/h4,9H,3,5-6,12H2,1-2H3,(H2,11,13)(H,14,15)/p+1/b7-4-/t9-/m0/s1. The van der Waals surface area contributed by atoms with E-state index in [9.17, 15) is 4.79 Å². The quantitative estimate of drug-likeness (QED) is 0.323. The van der Waals surface area contributed by atoms with Gasteiger partial charge in [-0.3, -0.25) is 4.99 Å². The number of rotatable bonds is 6. The van der Waals surface area contributed by atoms with Crippen molar-refractivity contribution in [2.24, 2.45) is 10.7 Å². The number of nitrogens with zero attached hydrogens (tertiary/aromatic N) is 1. The Labute approximate surface area is 89.9 Å². The van der Waals surface area contributed by atoms with E-state index in [1.54, 1.807) is 6.92 Å². The van der Waals surface area contributed by atoms with Crippen LogP contribution in [0.1, 0.15) is 26.7 Å². The Balaban J connectivity index is 3.86. The first-order valence-corrected chi connectivity index (χ1v) is 4.91. The number of hydrogen-bond acceptors (Lipinski definition) is 2. The van der Waals surface area contributed by atoms with E-state index in [2.05, 4.69) is 10.7 Å². The lowest BCUT2D eigenvalue weighted by molar-refractivity contribution is -0.408. The lowest BCUT2D eigenvalue weighted by atomic mass is 10.1. The van der Waals surface area contributed by atoms with Crippen molar-refractivity contribution in [3.8, 4) is 0 Å². The van der Waals surface area contributed by atoms with Crippen LogP contribution in [-0.4, -0.2) is 29.5 Å². The second kappa shape index (κ2) is 7.00. The highest BCUT2D eigenvalue weighted by atomic mass is 16.4. The normalized spacial score (nSPS) is 15.1. The molecule has 0 aromatic rings. The maximum Gasteiger partial charge on any atom is 0.362 e. The van der Waals surface area contributed by atoms with Crippen LogP contribution in [-0.2, 0) is 4.79 Å². The molecular formula is C10H20N3O2+. The smallest absolute Gasteiger partial charge is 0.362 e. The number of carboxylic acids is 1. The summed E-state index contributed by atoms with van der Waals surface area (Å²) in [6.07, 6.45) is 3.25. The first kappa shape index (κ1) is 13.6. The van der Waals surface area contributed by atoms with Gasteiger partial charge in [-0.1, -0.05) is 11.6 Å². The van der Waals surface area contributed by atoms with E-state index < -0.39 is 12.0 Å². The largest absolute Gasteiger partial charge is 0.477 e. The molecule has 0 heterocycles. The number of carbonyl (C=O) groups is 1. The van der Waals surface area contributed by atoms with Gasteiger partial charge in [0.2, 0.25) is 0 Å². The predicted octanol–water partition coefficient (Wildman–Crippen LogP) is -0.215. The van der Waals surface area contributed by atoms with Crippen LogP contribution in [0.4, 0.5) is 0 Å². The molecular weight excluding hydrogens is 194 g/mol. The first-order chi connectivity index (χ1) is 6.93. The van der Waals surface area contributed by atoms with Gasteiger partial charge in [0.05, 0.1) is 12.4 Å². The second-order valence-corrected chi connectivity index (χ2v) is 3.62. The number of allylic oxidation sites excluding steroid dienone is 1. The van der Waals surface area contributed by atoms with E-state index in [-0.39, 0.29) is 0 Å². The van der Waals surface area contributed by atoms with Crippen LogP contribution in [0.15, 0.2) is 16.6 Å². The molecule has 0 aliphatic rings. The highest BCUT2D eigenvalue weighted by Crippen LogP contribution is 2.00. The van der Waals surface area contributed by atoms with Gasteiger partial charge in [-0.2, -0.15) is 0 Å². The van der Waals surface area contributed by atoms with Gasteiger partial charge in [0.15, 0.2) is 6.04 Å². The van der Waals surface area contributed by atoms with E-state index in [0.717, 1.165) is 5.57 Å². The third kappa shape index (κ3) is 7.69. The van der Waals surface area contributed by atoms with Crippen LogP contribution >= 0.6 is 0 Å². The molecule has 5 heteroatoms. The minimum absolute atomic E-state index is 0.534. The monoisotopic (exact) mass is 214 g/mol. The highest BCUT2D eigenvalue weighted by molar-refractivity contribution is 5.77. The fourth-order valence-electron chi connectivity index (χ4n) is 0.968. The van der Waals surface area contributed by atoms with Gasteiger partial charge in [0.1, 0.15) is 0 Å². The second-order valence-electron chi connectivity index (χ2n) is 3.62. The van der Waals surface area contributed by atoms with Crippen molar-refractivity contribution in [1.29, 1.82) is 0 Å². The molecule has 0 fully saturated rings. The Morgan fingerprint density at radius 2 is 2.20 bits per heavy atom. The molecule has 15 heavy (non-hydrogen) atoms. The zero-order valence-corrected chi connectivity index (χ0v) is 9.36.